The first kappa shape index (κ1) is 10.3. The van der Waals surface area contributed by atoms with Gasteiger partial charge in [-0.1, -0.05) is 25.8 Å². The lowest BCUT2D eigenvalue weighted by Gasteiger charge is -2.22. The maximum absolute atomic E-state index is 10.3. The van der Waals surface area contributed by atoms with Crippen molar-refractivity contribution in [2.24, 2.45) is 0 Å². The lowest BCUT2D eigenvalue weighted by molar-refractivity contribution is -0.299. The van der Waals surface area contributed by atoms with E-state index in [2.05, 4.69) is 6.58 Å². The van der Waals surface area contributed by atoms with Gasteiger partial charge in [-0.2, -0.15) is 0 Å². The second-order valence-corrected chi connectivity index (χ2v) is 3.46. The molecule has 0 saturated heterocycles. The first-order valence-electron chi connectivity index (χ1n) is 4.71. The molecule has 3 heteroatoms. The third-order valence-electron chi connectivity index (χ3n) is 2.33. The van der Waals surface area contributed by atoms with Gasteiger partial charge in [0.15, 0.2) is 0 Å². The molecule has 0 spiro atoms. The number of hydrogen-bond acceptors (Lipinski definition) is 3. The van der Waals surface area contributed by atoms with Gasteiger partial charge in [0, 0.05) is 0 Å². The molecular formula is C10H15O3-. The topological polar surface area (TPSA) is 49.4 Å². The van der Waals surface area contributed by atoms with E-state index >= 15 is 0 Å². The smallest absolute Gasteiger partial charge is 0.0732 e. The largest absolute Gasteiger partial charge is 0.545 e. The SMILES string of the molecule is C=C(COC1CCCCC1)C(=O)[O-]. The average molecular weight is 183 g/mol. The molecule has 0 atom stereocenters. The fourth-order valence-electron chi connectivity index (χ4n) is 1.51. The van der Waals surface area contributed by atoms with Gasteiger partial charge in [0.2, 0.25) is 0 Å². The van der Waals surface area contributed by atoms with Crippen molar-refractivity contribution in [3.8, 4) is 0 Å². The van der Waals surface area contributed by atoms with Gasteiger partial charge in [0.25, 0.3) is 0 Å². The molecule has 0 aromatic carbocycles. The standard InChI is InChI=1S/C10H16O3/c1-8(10(11)12)7-13-9-5-3-2-4-6-9/h9H,1-7H2,(H,11,12)/p-1. The summed E-state index contributed by atoms with van der Waals surface area (Å²) in [4.78, 5) is 10.3. The van der Waals surface area contributed by atoms with E-state index in [1.54, 1.807) is 0 Å². The van der Waals surface area contributed by atoms with Gasteiger partial charge >= 0.3 is 0 Å². The minimum absolute atomic E-state index is 0.0329. The Labute approximate surface area is 78.4 Å². The van der Waals surface area contributed by atoms with E-state index in [1.165, 1.54) is 19.3 Å². The molecule has 0 aromatic rings. The molecule has 1 fully saturated rings. The maximum atomic E-state index is 10.3. The van der Waals surface area contributed by atoms with Gasteiger partial charge in [0.05, 0.1) is 18.7 Å². The van der Waals surface area contributed by atoms with Crippen molar-refractivity contribution in [2.45, 2.75) is 38.2 Å². The van der Waals surface area contributed by atoms with Crippen LogP contribution in [0.1, 0.15) is 32.1 Å². The van der Waals surface area contributed by atoms with Crippen molar-refractivity contribution in [1.29, 1.82) is 0 Å². The van der Waals surface area contributed by atoms with Crippen LogP contribution in [0.4, 0.5) is 0 Å². The molecule has 0 heterocycles. The Bertz CT molecular complexity index is 192. The van der Waals surface area contributed by atoms with Crippen LogP contribution >= 0.6 is 0 Å². The lowest BCUT2D eigenvalue weighted by Crippen LogP contribution is -2.28. The van der Waals surface area contributed by atoms with Crippen LogP contribution < -0.4 is 5.11 Å². The molecule has 0 radical (unpaired) electrons. The Kier molecular flexibility index (Phi) is 3.96. The molecule has 0 aliphatic heterocycles. The summed E-state index contributed by atoms with van der Waals surface area (Å²) in [7, 11) is 0. The molecular weight excluding hydrogens is 168 g/mol. The van der Waals surface area contributed by atoms with Crippen LogP contribution in [0.5, 0.6) is 0 Å². The maximum Gasteiger partial charge on any atom is 0.0732 e. The van der Waals surface area contributed by atoms with Crippen LogP contribution in [-0.2, 0) is 9.53 Å². The summed E-state index contributed by atoms with van der Waals surface area (Å²) in [6, 6.07) is 0. The normalized spacial score (nSPS) is 18.5. The summed E-state index contributed by atoms with van der Waals surface area (Å²) >= 11 is 0. The van der Waals surface area contributed by atoms with Gasteiger partial charge in [-0.3, -0.25) is 0 Å². The van der Waals surface area contributed by atoms with Crippen molar-refractivity contribution in [3.05, 3.63) is 12.2 Å². The Morgan fingerprint density at radius 1 is 1.38 bits per heavy atom. The summed E-state index contributed by atoms with van der Waals surface area (Å²) in [5.41, 5.74) is 0.0329. The minimum atomic E-state index is -1.21. The van der Waals surface area contributed by atoms with Gasteiger partial charge < -0.3 is 14.6 Å². The number of aliphatic carboxylic acids is 1. The third-order valence-corrected chi connectivity index (χ3v) is 2.33. The molecule has 0 bridgehead atoms. The van der Waals surface area contributed by atoms with E-state index in [0.29, 0.717) is 0 Å². The number of rotatable bonds is 4. The fourth-order valence-corrected chi connectivity index (χ4v) is 1.51. The number of hydrogen-bond donors (Lipinski definition) is 0. The quantitative estimate of drug-likeness (QED) is 0.601. The zero-order valence-electron chi connectivity index (χ0n) is 7.75. The molecule has 74 valence electrons. The summed E-state index contributed by atoms with van der Waals surface area (Å²) < 4.78 is 5.39. The van der Waals surface area contributed by atoms with Crippen LogP contribution in [0, 0.1) is 0 Å². The zero-order chi connectivity index (χ0) is 9.68. The summed E-state index contributed by atoms with van der Waals surface area (Å²) in [6.07, 6.45) is 5.94. The van der Waals surface area contributed by atoms with Gasteiger partial charge in [0.1, 0.15) is 0 Å². The molecule has 13 heavy (non-hydrogen) atoms. The van der Waals surface area contributed by atoms with Crippen LogP contribution in [0.3, 0.4) is 0 Å². The summed E-state index contributed by atoms with van der Waals surface area (Å²) in [6.45, 7) is 3.46. The monoisotopic (exact) mass is 183 g/mol. The van der Waals surface area contributed by atoms with Crippen LogP contribution in [0.15, 0.2) is 12.2 Å². The number of ether oxygens (including phenoxy) is 1. The van der Waals surface area contributed by atoms with E-state index in [9.17, 15) is 9.90 Å². The molecule has 3 nitrogen and oxygen atoms in total. The number of carboxylic acid groups (broad SMARTS) is 1. The Hall–Kier alpha value is -0.830. The Morgan fingerprint density at radius 2 is 2.00 bits per heavy atom. The van der Waals surface area contributed by atoms with E-state index in [1.807, 2.05) is 0 Å². The molecule has 0 amide bonds. The third kappa shape index (κ3) is 3.59. The highest BCUT2D eigenvalue weighted by Crippen LogP contribution is 2.20. The predicted octanol–water partition coefficient (Wildman–Crippen LogP) is 0.642. The van der Waals surface area contributed by atoms with Gasteiger partial charge in [-0.15, -0.1) is 0 Å². The first-order chi connectivity index (χ1) is 6.20. The highest BCUT2D eigenvalue weighted by atomic mass is 16.5. The average Bonchev–Trinajstić information content (AvgIpc) is 2.15. The molecule has 0 aromatic heterocycles. The van der Waals surface area contributed by atoms with Crippen molar-refractivity contribution in [2.75, 3.05) is 6.61 Å². The Balaban J connectivity index is 2.17. The first-order valence-corrected chi connectivity index (χ1v) is 4.71. The minimum Gasteiger partial charge on any atom is -0.545 e. The number of carboxylic acids is 1. The number of carbonyl (C=O) groups excluding carboxylic acids is 1. The highest BCUT2D eigenvalue weighted by Gasteiger charge is 2.13. The van der Waals surface area contributed by atoms with E-state index in [4.69, 9.17) is 4.74 Å². The second-order valence-electron chi connectivity index (χ2n) is 3.46. The molecule has 1 rings (SSSR count). The van der Waals surface area contributed by atoms with E-state index < -0.39 is 5.97 Å². The lowest BCUT2D eigenvalue weighted by atomic mass is 9.98. The van der Waals surface area contributed by atoms with E-state index in [-0.39, 0.29) is 18.3 Å². The fraction of sp³-hybridized carbons (Fsp3) is 0.700. The molecule has 1 aliphatic rings. The van der Waals surface area contributed by atoms with Crippen molar-refractivity contribution >= 4 is 5.97 Å². The van der Waals surface area contributed by atoms with Crippen molar-refractivity contribution in [1.82, 2.24) is 0 Å². The van der Waals surface area contributed by atoms with Gasteiger partial charge in [-0.05, 0) is 18.4 Å². The van der Waals surface area contributed by atoms with E-state index in [0.717, 1.165) is 12.8 Å². The summed E-state index contributed by atoms with van der Waals surface area (Å²) in [5.74, 6) is -1.21. The summed E-state index contributed by atoms with van der Waals surface area (Å²) in [5, 5.41) is 10.3. The van der Waals surface area contributed by atoms with Crippen molar-refractivity contribution in [3.63, 3.8) is 0 Å². The Morgan fingerprint density at radius 3 is 2.54 bits per heavy atom. The highest BCUT2D eigenvalue weighted by molar-refractivity contribution is 5.84. The van der Waals surface area contributed by atoms with Crippen molar-refractivity contribution < 1.29 is 14.6 Å². The second kappa shape index (κ2) is 5.02. The van der Waals surface area contributed by atoms with Gasteiger partial charge in [-0.25, -0.2) is 0 Å². The zero-order valence-corrected chi connectivity index (χ0v) is 7.75. The molecule has 0 N–H and O–H groups in total. The van der Waals surface area contributed by atoms with Crippen LogP contribution in [-0.4, -0.2) is 18.7 Å². The molecule has 1 saturated carbocycles. The predicted molar refractivity (Wildman–Crippen MR) is 47.0 cm³/mol. The molecule has 1 aliphatic carbocycles. The molecule has 0 unspecified atom stereocenters. The van der Waals surface area contributed by atoms with Crippen LogP contribution in [0.25, 0.3) is 0 Å². The van der Waals surface area contributed by atoms with Crippen LogP contribution in [0.2, 0.25) is 0 Å². The number of carbonyl (C=O) groups is 1.